The molecule has 0 aliphatic rings. The van der Waals surface area contributed by atoms with E-state index in [-0.39, 0.29) is 24.5 Å². The lowest BCUT2D eigenvalue weighted by Crippen LogP contribution is -2.07. The highest BCUT2D eigenvalue weighted by atomic mass is 16.6. The van der Waals surface area contributed by atoms with E-state index in [0.717, 1.165) is 5.56 Å². The highest BCUT2D eigenvalue weighted by Crippen LogP contribution is 2.23. The van der Waals surface area contributed by atoms with Crippen LogP contribution < -0.4 is 0 Å². The van der Waals surface area contributed by atoms with E-state index in [9.17, 15) is 14.9 Å². The van der Waals surface area contributed by atoms with E-state index in [4.69, 9.17) is 9.84 Å². The third-order valence-electron chi connectivity index (χ3n) is 3.58. The van der Waals surface area contributed by atoms with Crippen LogP contribution in [0.5, 0.6) is 0 Å². The topological polar surface area (TPSA) is 89.7 Å². The molecule has 0 aromatic heterocycles. The Hall–Kier alpha value is -2.73. The van der Waals surface area contributed by atoms with Gasteiger partial charge in [-0.3, -0.25) is 10.1 Å². The summed E-state index contributed by atoms with van der Waals surface area (Å²) in [5.74, 6) is -0.594. The van der Waals surface area contributed by atoms with Crippen molar-refractivity contribution in [2.24, 2.45) is 0 Å². The number of hydrogen-bond acceptors (Lipinski definition) is 5. The molecule has 2 rings (SSSR count). The number of nitrogens with zero attached hydrogens (tertiary/aromatic N) is 1. The first-order valence-corrected chi connectivity index (χ1v) is 7.71. The molecule has 0 unspecified atom stereocenters. The summed E-state index contributed by atoms with van der Waals surface area (Å²) in [7, 11) is 0. The van der Waals surface area contributed by atoms with Crippen molar-refractivity contribution in [2.75, 3.05) is 6.61 Å². The average molecular weight is 329 g/mol. The number of rotatable bonds is 8. The van der Waals surface area contributed by atoms with Crippen LogP contribution in [0.25, 0.3) is 0 Å². The lowest BCUT2D eigenvalue weighted by Gasteiger charge is -2.07. The summed E-state index contributed by atoms with van der Waals surface area (Å²) in [6.07, 6.45) is 1.71. The lowest BCUT2D eigenvalue weighted by molar-refractivity contribution is -0.385. The standard InChI is InChI=1S/C18H19NO5/c20-11-5-4-8-15-9-10-16(12-17(15)19(22)23)18(21)24-13-14-6-2-1-3-7-14/h1-3,6-7,9-10,12,20H,4-5,8,11,13H2. The van der Waals surface area contributed by atoms with Gasteiger partial charge >= 0.3 is 5.97 Å². The number of ether oxygens (including phenoxy) is 1. The van der Waals surface area contributed by atoms with Crippen LogP contribution in [0.3, 0.4) is 0 Å². The third-order valence-corrected chi connectivity index (χ3v) is 3.58. The number of aliphatic hydroxyl groups excluding tert-OH is 1. The first-order valence-electron chi connectivity index (χ1n) is 7.71. The monoisotopic (exact) mass is 329 g/mol. The van der Waals surface area contributed by atoms with E-state index in [1.165, 1.54) is 12.1 Å². The molecule has 0 heterocycles. The van der Waals surface area contributed by atoms with Gasteiger partial charge in [0.15, 0.2) is 0 Å². The predicted octanol–water partition coefficient (Wildman–Crippen LogP) is 3.27. The summed E-state index contributed by atoms with van der Waals surface area (Å²) in [5, 5.41) is 20.0. The van der Waals surface area contributed by atoms with E-state index in [0.29, 0.717) is 24.8 Å². The van der Waals surface area contributed by atoms with Crippen molar-refractivity contribution in [2.45, 2.75) is 25.9 Å². The number of carbonyl (C=O) groups is 1. The molecular weight excluding hydrogens is 310 g/mol. The normalized spacial score (nSPS) is 10.4. The molecule has 2 aromatic rings. The van der Waals surface area contributed by atoms with Crippen LogP contribution in [-0.4, -0.2) is 22.6 Å². The van der Waals surface area contributed by atoms with Gasteiger partial charge < -0.3 is 9.84 Å². The second-order valence-electron chi connectivity index (χ2n) is 5.34. The Morgan fingerprint density at radius 3 is 2.54 bits per heavy atom. The lowest BCUT2D eigenvalue weighted by atomic mass is 10.0. The zero-order valence-corrected chi connectivity index (χ0v) is 13.2. The number of aliphatic hydroxyl groups is 1. The molecule has 0 bridgehead atoms. The molecule has 6 heteroatoms. The number of esters is 1. The van der Waals surface area contributed by atoms with Gasteiger partial charge in [0.25, 0.3) is 5.69 Å². The van der Waals surface area contributed by atoms with Crippen molar-refractivity contribution >= 4 is 11.7 Å². The number of nitro groups is 1. The van der Waals surface area contributed by atoms with Crippen LogP contribution in [0, 0.1) is 10.1 Å². The molecule has 1 N–H and O–H groups in total. The first-order chi connectivity index (χ1) is 11.6. The fourth-order valence-corrected chi connectivity index (χ4v) is 2.31. The van der Waals surface area contributed by atoms with Crippen molar-refractivity contribution in [3.8, 4) is 0 Å². The molecule has 0 saturated heterocycles. The van der Waals surface area contributed by atoms with Crippen molar-refractivity contribution in [1.29, 1.82) is 0 Å². The Balaban J connectivity index is 2.07. The highest BCUT2D eigenvalue weighted by molar-refractivity contribution is 5.90. The number of carbonyl (C=O) groups excluding carboxylic acids is 1. The fraction of sp³-hybridized carbons (Fsp3) is 0.278. The van der Waals surface area contributed by atoms with Crippen LogP contribution in [0.15, 0.2) is 48.5 Å². The average Bonchev–Trinajstić information content (AvgIpc) is 2.60. The molecule has 0 aliphatic carbocycles. The summed E-state index contributed by atoms with van der Waals surface area (Å²) in [6.45, 7) is 0.170. The van der Waals surface area contributed by atoms with Crippen molar-refractivity contribution in [1.82, 2.24) is 0 Å². The second-order valence-corrected chi connectivity index (χ2v) is 5.34. The van der Waals surface area contributed by atoms with Crippen LogP contribution >= 0.6 is 0 Å². The molecule has 24 heavy (non-hydrogen) atoms. The summed E-state index contributed by atoms with van der Waals surface area (Å²) in [6, 6.07) is 13.6. The molecular formula is C18H19NO5. The minimum Gasteiger partial charge on any atom is -0.457 e. The van der Waals surface area contributed by atoms with E-state index < -0.39 is 10.9 Å². The Bertz CT molecular complexity index is 700. The zero-order chi connectivity index (χ0) is 17.4. The summed E-state index contributed by atoms with van der Waals surface area (Å²) < 4.78 is 5.19. The second kappa shape index (κ2) is 8.79. The number of hydrogen-bond donors (Lipinski definition) is 1. The summed E-state index contributed by atoms with van der Waals surface area (Å²) in [5.41, 5.74) is 1.46. The summed E-state index contributed by atoms with van der Waals surface area (Å²) in [4.78, 5) is 22.8. The first kappa shape index (κ1) is 17.6. The largest absolute Gasteiger partial charge is 0.457 e. The van der Waals surface area contributed by atoms with E-state index in [1.54, 1.807) is 6.07 Å². The molecule has 6 nitrogen and oxygen atoms in total. The van der Waals surface area contributed by atoms with Gasteiger partial charge in [-0.15, -0.1) is 0 Å². The Kier molecular flexibility index (Phi) is 6.45. The molecule has 0 radical (unpaired) electrons. The fourth-order valence-electron chi connectivity index (χ4n) is 2.31. The van der Waals surface area contributed by atoms with Gasteiger partial charge in [0, 0.05) is 18.2 Å². The number of aryl methyl sites for hydroxylation is 1. The molecule has 0 aliphatic heterocycles. The molecule has 0 atom stereocenters. The minimum absolute atomic E-state index is 0.0533. The van der Waals surface area contributed by atoms with Gasteiger partial charge in [0.1, 0.15) is 6.61 Å². The van der Waals surface area contributed by atoms with Gasteiger partial charge in [-0.25, -0.2) is 4.79 Å². The highest BCUT2D eigenvalue weighted by Gasteiger charge is 2.18. The van der Waals surface area contributed by atoms with Crippen LogP contribution in [0.2, 0.25) is 0 Å². The molecule has 0 saturated carbocycles. The number of unbranched alkanes of at least 4 members (excludes halogenated alkanes) is 1. The maximum Gasteiger partial charge on any atom is 0.338 e. The van der Waals surface area contributed by atoms with Crippen LogP contribution in [0.4, 0.5) is 5.69 Å². The maximum atomic E-state index is 12.1. The molecule has 126 valence electrons. The van der Waals surface area contributed by atoms with E-state index in [2.05, 4.69) is 0 Å². The van der Waals surface area contributed by atoms with Gasteiger partial charge in [-0.2, -0.15) is 0 Å². The smallest absolute Gasteiger partial charge is 0.338 e. The Morgan fingerprint density at radius 1 is 1.12 bits per heavy atom. The molecule has 2 aromatic carbocycles. The predicted molar refractivity (Wildman–Crippen MR) is 88.7 cm³/mol. The van der Waals surface area contributed by atoms with Gasteiger partial charge in [-0.1, -0.05) is 36.4 Å². The Morgan fingerprint density at radius 2 is 1.88 bits per heavy atom. The third kappa shape index (κ3) is 4.89. The maximum absolute atomic E-state index is 12.1. The zero-order valence-electron chi connectivity index (χ0n) is 13.2. The SMILES string of the molecule is O=C(OCc1ccccc1)c1ccc(CCCCO)c([N+](=O)[O-])c1. The van der Waals surface area contributed by atoms with Crippen molar-refractivity contribution in [3.63, 3.8) is 0 Å². The van der Waals surface area contributed by atoms with Gasteiger partial charge in [-0.05, 0) is 30.9 Å². The van der Waals surface area contributed by atoms with E-state index in [1.807, 2.05) is 30.3 Å². The minimum atomic E-state index is -0.594. The van der Waals surface area contributed by atoms with Crippen molar-refractivity contribution in [3.05, 3.63) is 75.3 Å². The molecule has 0 fully saturated rings. The molecule has 0 spiro atoms. The molecule has 0 amide bonds. The van der Waals surface area contributed by atoms with Gasteiger partial charge in [0.05, 0.1) is 10.5 Å². The van der Waals surface area contributed by atoms with Crippen LogP contribution in [0.1, 0.15) is 34.3 Å². The van der Waals surface area contributed by atoms with Gasteiger partial charge in [0.2, 0.25) is 0 Å². The van der Waals surface area contributed by atoms with E-state index >= 15 is 0 Å². The van der Waals surface area contributed by atoms with Crippen molar-refractivity contribution < 1.29 is 19.6 Å². The number of benzene rings is 2. The Labute approximate surface area is 139 Å². The quantitative estimate of drug-likeness (QED) is 0.347. The summed E-state index contributed by atoms with van der Waals surface area (Å²) >= 11 is 0. The van der Waals surface area contributed by atoms with Crippen LogP contribution in [-0.2, 0) is 17.8 Å². The number of nitro benzene ring substituents is 1.